The fourth-order valence-corrected chi connectivity index (χ4v) is 4.21. The van der Waals surface area contributed by atoms with Crippen LogP contribution in [0.5, 0.6) is 0 Å². The fourth-order valence-electron chi connectivity index (χ4n) is 4.21. The Balaban J connectivity index is 1.50. The molecule has 146 valence electrons. The maximum atomic E-state index is 12.6. The van der Waals surface area contributed by atoms with E-state index in [4.69, 9.17) is 5.11 Å². The van der Waals surface area contributed by atoms with Crippen LogP contribution >= 0.6 is 0 Å². The Morgan fingerprint density at radius 1 is 1.11 bits per heavy atom. The number of aliphatic carboxylic acids is 1. The topological polar surface area (TPSA) is 77.9 Å². The number of hydrogen-bond acceptors (Lipinski definition) is 3. The Hall–Kier alpha value is -2.37. The molecule has 2 heterocycles. The zero-order chi connectivity index (χ0) is 19.4. The summed E-state index contributed by atoms with van der Waals surface area (Å²) in [5, 5.41) is 9.01. The van der Waals surface area contributed by atoms with Crippen LogP contribution in [0.3, 0.4) is 0 Å². The van der Waals surface area contributed by atoms with Crippen LogP contribution in [-0.4, -0.2) is 58.9 Å². The SMILES string of the molecule is Cc1ccc(CCC(=O)N2CCC3(CCC(=O)N(CC(=O)O)C3)CC2)cc1. The highest BCUT2D eigenvalue weighted by atomic mass is 16.4. The zero-order valence-corrected chi connectivity index (χ0v) is 15.9. The van der Waals surface area contributed by atoms with E-state index in [9.17, 15) is 14.4 Å². The molecule has 1 aromatic rings. The molecule has 0 atom stereocenters. The van der Waals surface area contributed by atoms with Gasteiger partial charge in [-0.25, -0.2) is 0 Å². The van der Waals surface area contributed by atoms with Crippen LogP contribution in [0.15, 0.2) is 24.3 Å². The number of benzene rings is 1. The quantitative estimate of drug-likeness (QED) is 0.860. The van der Waals surface area contributed by atoms with Gasteiger partial charge in [0.25, 0.3) is 0 Å². The Labute approximate surface area is 160 Å². The molecule has 0 radical (unpaired) electrons. The van der Waals surface area contributed by atoms with Crippen molar-refractivity contribution in [3.05, 3.63) is 35.4 Å². The first-order valence-corrected chi connectivity index (χ1v) is 9.70. The Bertz CT molecular complexity index is 705. The van der Waals surface area contributed by atoms with Crippen molar-refractivity contribution < 1.29 is 19.5 Å². The number of aryl methyl sites for hydroxylation is 2. The van der Waals surface area contributed by atoms with E-state index >= 15 is 0 Å². The molecular formula is C21H28N2O4. The predicted molar refractivity (Wildman–Crippen MR) is 101 cm³/mol. The van der Waals surface area contributed by atoms with E-state index in [1.54, 1.807) is 0 Å². The summed E-state index contributed by atoms with van der Waals surface area (Å²) in [5.74, 6) is -0.858. The van der Waals surface area contributed by atoms with Crippen molar-refractivity contribution in [1.82, 2.24) is 9.80 Å². The molecular weight excluding hydrogens is 344 g/mol. The minimum Gasteiger partial charge on any atom is -0.480 e. The van der Waals surface area contributed by atoms with Gasteiger partial charge in [0, 0.05) is 32.5 Å². The summed E-state index contributed by atoms with van der Waals surface area (Å²) in [6, 6.07) is 8.28. The molecule has 1 N–H and O–H groups in total. The van der Waals surface area contributed by atoms with E-state index < -0.39 is 5.97 Å². The van der Waals surface area contributed by atoms with Gasteiger partial charge in [-0.05, 0) is 43.6 Å². The lowest BCUT2D eigenvalue weighted by Crippen LogP contribution is -2.53. The Kier molecular flexibility index (Phi) is 5.82. The highest BCUT2D eigenvalue weighted by Gasteiger charge is 2.41. The van der Waals surface area contributed by atoms with Crippen molar-refractivity contribution in [3.8, 4) is 0 Å². The largest absolute Gasteiger partial charge is 0.480 e. The van der Waals surface area contributed by atoms with Gasteiger partial charge in [0.15, 0.2) is 0 Å². The van der Waals surface area contributed by atoms with Crippen molar-refractivity contribution >= 4 is 17.8 Å². The molecule has 2 aliphatic heterocycles. The van der Waals surface area contributed by atoms with Crippen LogP contribution in [-0.2, 0) is 20.8 Å². The van der Waals surface area contributed by atoms with Gasteiger partial charge < -0.3 is 14.9 Å². The number of nitrogens with zero attached hydrogens (tertiary/aromatic N) is 2. The number of rotatable bonds is 5. The molecule has 1 spiro atoms. The normalized spacial score (nSPS) is 19.4. The molecule has 6 nitrogen and oxygen atoms in total. The minimum atomic E-state index is -0.968. The van der Waals surface area contributed by atoms with Gasteiger partial charge in [-0.3, -0.25) is 14.4 Å². The fraction of sp³-hybridized carbons (Fsp3) is 0.571. The molecule has 2 aliphatic rings. The lowest BCUT2D eigenvalue weighted by molar-refractivity contribution is -0.150. The van der Waals surface area contributed by atoms with E-state index in [1.807, 2.05) is 4.90 Å². The summed E-state index contributed by atoms with van der Waals surface area (Å²) in [4.78, 5) is 38.9. The third-order valence-corrected chi connectivity index (χ3v) is 6.00. The molecule has 0 aliphatic carbocycles. The maximum absolute atomic E-state index is 12.6. The molecule has 2 saturated heterocycles. The van der Waals surface area contributed by atoms with Crippen LogP contribution in [0.2, 0.25) is 0 Å². The summed E-state index contributed by atoms with van der Waals surface area (Å²) in [5.41, 5.74) is 2.36. The molecule has 6 heteroatoms. The van der Waals surface area contributed by atoms with Gasteiger partial charge in [0.05, 0.1) is 0 Å². The van der Waals surface area contributed by atoms with Crippen molar-refractivity contribution in [2.24, 2.45) is 5.41 Å². The maximum Gasteiger partial charge on any atom is 0.323 e. The van der Waals surface area contributed by atoms with Gasteiger partial charge in [0.1, 0.15) is 6.54 Å². The molecule has 27 heavy (non-hydrogen) atoms. The molecule has 2 amide bonds. The molecule has 0 saturated carbocycles. The number of amides is 2. The zero-order valence-electron chi connectivity index (χ0n) is 15.9. The minimum absolute atomic E-state index is 0.0307. The Morgan fingerprint density at radius 2 is 1.78 bits per heavy atom. The van der Waals surface area contributed by atoms with E-state index in [2.05, 4.69) is 31.2 Å². The Morgan fingerprint density at radius 3 is 2.41 bits per heavy atom. The summed E-state index contributed by atoms with van der Waals surface area (Å²) in [6.45, 7) is 3.72. The third kappa shape index (κ3) is 4.87. The van der Waals surface area contributed by atoms with E-state index in [0.717, 1.165) is 25.7 Å². The average molecular weight is 372 g/mol. The molecule has 1 aromatic carbocycles. The van der Waals surface area contributed by atoms with Gasteiger partial charge in [-0.15, -0.1) is 0 Å². The second-order valence-corrected chi connectivity index (χ2v) is 8.01. The van der Waals surface area contributed by atoms with E-state index in [0.29, 0.717) is 32.5 Å². The number of carbonyl (C=O) groups excluding carboxylic acids is 2. The van der Waals surface area contributed by atoms with Crippen LogP contribution < -0.4 is 0 Å². The number of carbonyl (C=O) groups is 3. The second kappa shape index (κ2) is 8.11. The van der Waals surface area contributed by atoms with E-state index in [1.165, 1.54) is 16.0 Å². The number of likely N-dealkylation sites (tertiary alicyclic amines) is 2. The molecule has 2 fully saturated rings. The van der Waals surface area contributed by atoms with Crippen molar-refractivity contribution in [2.45, 2.75) is 45.4 Å². The van der Waals surface area contributed by atoms with Crippen LogP contribution in [0.25, 0.3) is 0 Å². The second-order valence-electron chi connectivity index (χ2n) is 8.01. The molecule has 0 unspecified atom stereocenters. The monoisotopic (exact) mass is 372 g/mol. The number of carboxylic acid groups (broad SMARTS) is 1. The number of piperidine rings is 2. The van der Waals surface area contributed by atoms with Crippen molar-refractivity contribution in [1.29, 1.82) is 0 Å². The standard InChI is InChI=1S/C21H28N2O4/c1-16-2-4-17(5-3-16)6-7-18(24)22-12-10-21(11-13-22)9-8-19(25)23(15-21)14-20(26)27/h2-5H,6-15H2,1H3,(H,26,27). The number of carboxylic acids is 1. The highest BCUT2D eigenvalue weighted by molar-refractivity contribution is 5.82. The van der Waals surface area contributed by atoms with E-state index in [-0.39, 0.29) is 23.8 Å². The summed E-state index contributed by atoms with van der Waals surface area (Å²) >= 11 is 0. The van der Waals surface area contributed by atoms with Gasteiger partial charge in [-0.1, -0.05) is 29.8 Å². The molecule has 0 aromatic heterocycles. The first-order valence-electron chi connectivity index (χ1n) is 9.70. The van der Waals surface area contributed by atoms with Gasteiger partial charge in [0.2, 0.25) is 11.8 Å². The van der Waals surface area contributed by atoms with Gasteiger partial charge in [-0.2, -0.15) is 0 Å². The van der Waals surface area contributed by atoms with Gasteiger partial charge >= 0.3 is 5.97 Å². The molecule has 0 bridgehead atoms. The predicted octanol–water partition coefficient (Wildman–Crippen LogP) is 2.24. The summed E-state index contributed by atoms with van der Waals surface area (Å²) in [6.07, 6.45) is 4.16. The van der Waals surface area contributed by atoms with Crippen LogP contribution in [0, 0.1) is 12.3 Å². The lowest BCUT2D eigenvalue weighted by Gasteiger charge is -2.47. The summed E-state index contributed by atoms with van der Waals surface area (Å²) in [7, 11) is 0. The first-order chi connectivity index (χ1) is 12.9. The smallest absolute Gasteiger partial charge is 0.323 e. The summed E-state index contributed by atoms with van der Waals surface area (Å²) < 4.78 is 0. The average Bonchev–Trinajstić information content (AvgIpc) is 2.64. The first kappa shape index (κ1) is 19.4. The van der Waals surface area contributed by atoms with Crippen LogP contribution in [0.1, 0.15) is 43.2 Å². The third-order valence-electron chi connectivity index (χ3n) is 6.00. The lowest BCUT2D eigenvalue weighted by atomic mass is 9.72. The highest BCUT2D eigenvalue weighted by Crippen LogP contribution is 2.40. The number of hydrogen-bond donors (Lipinski definition) is 1. The van der Waals surface area contributed by atoms with Crippen molar-refractivity contribution in [3.63, 3.8) is 0 Å². The molecule has 3 rings (SSSR count). The van der Waals surface area contributed by atoms with Crippen molar-refractivity contribution in [2.75, 3.05) is 26.2 Å². The van der Waals surface area contributed by atoms with Crippen LogP contribution in [0.4, 0.5) is 0 Å².